The molecule has 2 atom stereocenters. The van der Waals surface area contributed by atoms with Crippen LogP contribution in [0.15, 0.2) is 12.4 Å². The van der Waals surface area contributed by atoms with E-state index in [1.54, 1.807) is 11.2 Å². The van der Waals surface area contributed by atoms with E-state index in [1.807, 2.05) is 33.9 Å². The fraction of sp³-hybridized carbons (Fsp3) is 0.750. The van der Waals surface area contributed by atoms with Gasteiger partial charge in [-0.1, -0.05) is 0 Å². The number of likely N-dealkylation sites (N-methyl/N-ethyl adjacent to an activating group) is 1. The zero-order valence-electron chi connectivity index (χ0n) is 17.5. The van der Waals surface area contributed by atoms with Crippen molar-refractivity contribution in [3.8, 4) is 0 Å². The number of hydrogen-bond donors (Lipinski definition) is 1. The SMILES string of the molecule is CN(C(=O)OC(C)(C)C)[C@H]1CCCN(c2cc(N3CCC[C@H]3CO)ncn2)C1. The number of hydrogen-bond acceptors (Lipinski definition) is 7. The van der Waals surface area contributed by atoms with Crippen LogP contribution in [-0.2, 0) is 4.74 Å². The van der Waals surface area contributed by atoms with Crippen molar-refractivity contribution < 1.29 is 14.6 Å². The summed E-state index contributed by atoms with van der Waals surface area (Å²) in [5.74, 6) is 1.74. The van der Waals surface area contributed by atoms with Gasteiger partial charge in [0.15, 0.2) is 0 Å². The molecule has 0 unspecified atom stereocenters. The van der Waals surface area contributed by atoms with E-state index in [0.717, 1.165) is 57.0 Å². The fourth-order valence-electron chi connectivity index (χ4n) is 3.96. The summed E-state index contributed by atoms with van der Waals surface area (Å²) in [5, 5.41) is 9.60. The smallest absolute Gasteiger partial charge is 0.410 e. The molecular weight excluding hydrogens is 358 g/mol. The molecule has 2 aliphatic rings. The summed E-state index contributed by atoms with van der Waals surface area (Å²) in [4.78, 5) is 27.4. The number of nitrogens with zero attached hydrogens (tertiary/aromatic N) is 5. The van der Waals surface area contributed by atoms with E-state index in [1.165, 1.54) is 0 Å². The highest BCUT2D eigenvalue weighted by atomic mass is 16.6. The zero-order chi connectivity index (χ0) is 20.3. The van der Waals surface area contributed by atoms with Gasteiger partial charge in [-0.3, -0.25) is 0 Å². The molecule has 156 valence electrons. The molecule has 8 nitrogen and oxygen atoms in total. The Morgan fingerprint density at radius 2 is 1.96 bits per heavy atom. The van der Waals surface area contributed by atoms with Crippen molar-refractivity contribution >= 4 is 17.7 Å². The molecule has 1 N–H and O–H groups in total. The molecule has 0 aromatic carbocycles. The van der Waals surface area contributed by atoms with Gasteiger partial charge in [0, 0.05) is 32.7 Å². The molecular formula is C20H33N5O3. The quantitative estimate of drug-likeness (QED) is 0.843. The molecule has 2 saturated heterocycles. The van der Waals surface area contributed by atoms with Crippen molar-refractivity contribution in [3.63, 3.8) is 0 Å². The molecule has 3 heterocycles. The number of carbonyl (C=O) groups excluding carboxylic acids is 1. The molecule has 3 rings (SSSR count). The van der Waals surface area contributed by atoms with E-state index in [9.17, 15) is 9.90 Å². The van der Waals surface area contributed by atoms with Gasteiger partial charge in [-0.2, -0.15) is 0 Å². The lowest BCUT2D eigenvalue weighted by Crippen LogP contribution is -2.50. The van der Waals surface area contributed by atoms with Gasteiger partial charge in [0.05, 0.1) is 18.7 Å². The molecule has 0 radical (unpaired) electrons. The number of anilines is 2. The molecule has 2 aliphatic heterocycles. The molecule has 0 bridgehead atoms. The van der Waals surface area contributed by atoms with E-state index in [2.05, 4.69) is 19.8 Å². The largest absolute Gasteiger partial charge is 0.444 e. The van der Waals surface area contributed by atoms with Gasteiger partial charge >= 0.3 is 6.09 Å². The van der Waals surface area contributed by atoms with Crippen LogP contribution in [0, 0.1) is 0 Å². The third-order valence-corrected chi connectivity index (χ3v) is 5.47. The molecule has 1 aromatic heterocycles. The summed E-state index contributed by atoms with van der Waals surface area (Å²) in [7, 11) is 1.81. The van der Waals surface area contributed by atoms with Gasteiger partial charge in [0.25, 0.3) is 0 Å². The van der Waals surface area contributed by atoms with Crippen LogP contribution in [0.1, 0.15) is 46.5 Å². The second-order valence-electron chi connectivity index (χ2n) is 8.74. The van der Waals surface area contributed by atoms with E-state index in [-0.39, 0.29) is 24.8 Å². The summed E-state index contributed by atoms with van der Waals surface area (Å²) in [6.07, 6.45) is 5.30. The molecule has 1 amide bonds. The lowest BCUT2D eigenvalue weighted by Gasteiger charge is -2.38. The minimum absolute atomic E-state index is 0.0824. The Labute approximate surface area is 167 Å². The average molecular weight is 392 g/mol. The fourth-order valence-corrected chi connectivity index (χ4v) is 3.96. The monoisotopic (exact) mass is 391 g/mol. The first-order valence-corrected chi connectivity index (χ1v) is 10.2. The Morgan fingerprint density at radius 1 is 1.25 bits per heavy atom. The first kappa shape index (κ1) is 20.6. The highest BCUT2D eigenvalue weighted by Crippen LogP contribution is 2.27. The van der Waals surface area contributed by atoms with Crippen LogP contribution in [-0.4, -0.2) is 77.0 Å². The lowest BCUT2D eigenvalue weighted by atomic mass is 10.0. The van der Waals surface area contributed by atoms with Crippen molar-refractivity contribution in [1.82, 2.24) is 14.9 Å². The molecule has 1 aromatic rings. The van der Waals surface area contributed by atoms with Gasteiger partial charge in [0.2, 0.25) is 0 Å². The summed E-state index contributed by atoms with van der Waals surface area (Å²) >= 11 is 0. The molecule has 28 heavy (non-hydrogen) atoms. The van der Waals surface area contributed by atoms with E-state index in [0.29, 0.717) is 0 Å². The number of aromatic nitrogens is 2. The summed E-state index contributed by atoms with van der Waals surface area (Å²) < 4.78 is 5.52. The number of ether oxygens (including phenoxy) is 1. The second-order valence-corrected chi connectivity index (χ2v) is 8.74. The Kier molecular flexibility index (Phi) is 6.27. The molecule has 0 aliphatic carbocycles. The first-order chi connectivity index (χ1) is 13.3. The molecule has 0 spiro atoms. The number of amides is 1. The van der Waals surface area contributed by atoms with Gasteiger partial charge in [-0.05, 0) is 46.5 Å². The van der Waals surface area contributed by atoms with E-state index in [4.69, 9.17) is 4.74 Å². The van der Waals surface area contributed by atoms with Gasteiger partial charge in [-0.15, -0.1) is 0 Å². The Balaban J connectivity index is 1.69. The minimum atomic E-state index is -0.500. The molecule has 8 heteroatoms. The van der Waals surface area contributed by atoms with Crippen molar-refractivity contribution in [2.24, 2.45) is 0 Å². The Hall–Kier alpha value is -2.09. The second kappa shape index (κ2) is 8.51. The third-order valence-electron chi connectivity index (χ3n) is 5.47. The highest BCUT2D eigenvalue weighted by molar-refractivity contribution is 5.68. The highest BCUT2D eigenvalue weighted by Gasteiger charge is 2.30. The maximum Gasteiger partial charge on any atom is 0.410 e. The first-order valence-electron chi connectivity index (χ1n) is 10.2. The maximum atomic E-state index is 12.4. The molecule has 2 fully saturated rings. The van der Waals surface area contributed by atoms with Crippen LogP contribution in [0.25, 0.3) is 0 Å². The number of piperidine rings is 1. The van der Waals surface area contributed by atoms with Crippen LogP contribution >= 0.6 is 0 Å². The van der Waals surface area contributed by atoms with Gasteiger partial charge in [0.1, 0.15) is 23.6 Å². The van der Waals surface area contributed by atoms with Crippen LogP contribution in [0.3, 0.4) is 0 Å². The normalized spacial score (nSPS) is 23.0. The zero-order valence-corrected chi connectivity index (χ0v) is 17.5. The van der Waals surface area contributed by atoms with Gasteiger partial charge in [-0.25, -0.2) is 14.8 Å². The topological polar surface area (TPSA) is 82.0 Å². The van der Waals surface area contributed by atoms with Gasteiger partial charge < -0.3 is 24.5 Å². The minimum Gasteiger partial charge on any atom is -0.444 e. The number of carbonyl (C=O) groups is 1. The summed E-state index contributed by atoms with van der Waals surface area (Å²) in [6.45, 7) is 8.32. The van der Waals surface area contributed by atoms with Crippen molar-refractivity contribution in [1.29, 1.82) is 0 Å². The third kappa shape index (κ3) is 4.84. The van der Waals surface area contributed by atoms with E-state index < -0.39 is 5.60 Å². The van der Waals surface area contributed by atoms with Crippen molar-refractivity contribution in [3.05, 3.63) is 12.4 Å². The van der Waals surface area contributed by atoms with E-state index >= 15 is 0 Å². The number of aliphatic hydroxyl groups is 1. The van der Waals surface area contributed by atoms with Crippen LogP contribution in [0.4, 0.5) is 16.4 Å². The lowest BCUT2D eigenvalue weighted by molar-refractivity contribution is 0.0209. The van der Waals surface area contributed by atoms with Crippen LogP contribution in [0.5, 0.6) is 0 Å². The maximum absolute atomic E-state index is 12.4. The Bertz CT molecular complexity index is 678. The Morgan fingerprint density at radius 3 is 2.68 bits per heavy atom. The number of aliphatic hydroxyl groups excluding tert-OH is 1. The molecule has 0 saturated carbocycles. The average Bonchev–Trinajstić information content (AvgIpc) is 3.15. The predicted molar refractivity (Wildman–Crippen MR) is 109 cm³/mol. The van der Waals surface area contributed by atoms with Crippen LogP contribution < -0.4 is 9.80 Å². The van der Waals surface area contributed by atoms with Crippen molar-refractivity contribution in [2.45, 2.75) is 64.1 Å². The number of rotatable bonds is 4. The standard InChI is InChI=1S/C20H33N5O3/c1-20(2,3)28-19(27)23(4)15-7-5-9-24(12-15)17-11-18(22-14-21-17)25-10-6-8-16(25)13-26/h11,14-16,26H,5-10,12-13H2,1-4H3/t15-,16-/m0/s1. The summed E-state index contributed by atoms with van der Waals surface area (Å²) in [5.41, 5.74) is -0.500. The summed E-state index contributed by atoms with van der Waals surface area (Å²) in [6, 6.07) is 2.22. The predicted octanol–water partition coefficient (Wildman–Crippen LogP) is 2.27. The van der Waals surface area contributed by atoms with Crippen LogP contribution in [0.2, 0.25) is 0 Å². The van der Waals surface area contributed by atoms with Crippen molar-refractivity contribution in [2.75, 3.05) is 43.1 Å².